The molecule has 50 valence electrons. The largest absolute Gasteiger partial charge is 0.352 e. The molecule has 2 nitrogen and oxygen atoms in total. The highest BCUT2D eigenvalue weighted by Gasteiger charge is 1.96. The van der Waals surface area contributed by atoms with Crippen molar-refractivity contribution in [2.24, 2.45) is 12.8 Å². The number of nitrogens with two attached hydrogens (primary N) is 1. The summed E-state index contributed by atoms with van der Waals surface area (Å²) >= 11 is 5.67. The van der Waals surface area contributed by atoms with Gasteiger partial charge in [-0.1, -0.05) is 11.6 Å². The number of rotatable bonds is 1. The number of hydrogen-bond acceptors (Lipinski definition) is 1. The zero-order valence-electron chi connectivity index (χ0n) is 5.26. The van der Waals surface area contributed by atoms with E-state index in [1.54, 1.807) is 0 Å². The Kier molecular flexibility index (Phi) is 1.78. The molecule has 0 spiro atoms. The molecule has 0 saturated heterocycles. The highest BCUT2D eigenvalue weighted by atomic mass is 35.5. The molecule has 9 heavy (non-hydrogen) atoms. The Morgan fingerprint density at radius 3 is 2.67 bits per heavy atom. The maximum Gasteiger partial charge on any atom is 0.0585 e. The normalized spacial score (nSPS) is 10.1. The minimum Gasteiger partial charge on any atom is -0.352 e. The molecule has 0 fully saturated rings. The maximum absolute atomic E-state index is 5.67. The molecule has 2 N–H and O–H groups in total. The van der Waals surface area contributed by atoms with Gasteiger partial charge in [0.2, 0.25) is 0 Å². The van der Waals surface area contributed by atoms with Gasteiger partial charge in [-0.25, -0.2) is 0 Å². The quantitative estimate of drug-likeness (QED) is 0.630. The summed E-state index contributed by atoms with van der Waals surface area (Å²) < 4.78 is 1.92. The van der Waals surface area contributed by atoms with E-state index in [-0.39, 0.29) is 0 Å². The zero-order chi connectivity index (χ0) is 6.85. The van der Waals surface area contributed by atoms with Crippen LogP contribution >= 0.6 is 11.6 Å². The van der Waals surface area contributed by atoms with E-state index in [0.29, 0.717) is 6.54 Å². The Balaban J connectivity index is 3.01. The molecule has 3 heteroatoms. The third kappa shape index (κ3) is 1.26. The third-order valence-electron chi connectivity index (χ3n) is 1.28. The van der Waals surface area contributed by atoms with Gasteiger partial charge in [-0.15, -0.1) is 0 Å². The lowest BCUT2D eigenvalue weighted by Crippen LogP contribution is -2.01. The molecule has 0 aliphatic heterocycles. The summed E-state index contributed by atoms with van der Waals surface area (Å²) in [5.74, 6) is 0. The summed E-state index contributed by atoms with van der Waals surface area (Å²) in [6.45, 7) is 0.545. The van der Waals surface area contributed by atoms with Gasteiger partial charge in [0.05, 0.1) is 5.02 Å². The van der Waals surface area contributed by atoms with E-state index in [1.165, 1.54) is 0 Å². The van der Waals surface area contributed by atoms with E-state index in [9.17, 15) is 0 Å². The summed E-state index contributed by atoms with van der Waals surface area (Å²) in [6, 6.07) is 1.86. The van der Waals surface area contributed by atoms with Gasteiger partial charge in [0.25, 0.3) is 0 Å². The van der Waals surface area contributed by atoms with Crippen molar-refractivity contribution in [3.05, 3.63) is 23.0 Å². The fourth-order valence-electron chi connectivity index (χ4n) is 0.769. The first-order valence-corrected chi connectivity index (χ1v) is 3.12. The molecule has 0 aliphatic carbocycles. The number of aryl methyl sites for hydroxylation is 1. The molecular weight excluding hydrogens is 136 g/mol. The summed E-state index contributed by atoms with van der Waals surface area (Å²) in [5, 5.41) is 0.748. The first-order valence-electron chi connectivity index (χ1n) is 2.75. The molecule has 0 saturated carbocycles. The third-order valence-corrected chi connectivity index (χ3v) is 1.49. The monoisotopic (exact) mass is 144 g/mol. The average molecular weight is 145 g/mol. The van der Waals surface area contributed by atoms with Crippen LogP contribution in [-0.2, 0) is 13.6 Å². The van der Waals surface area contributed by atoms with Gasteiger partial charge in [-0.3, -0.25) is 0 Å². The lowest BCUT2D eigenvalue weighted by molar-refractivity contribution is 0.824. The Labute approximate surface area is 59.2 Å². The molecule has 0 bridgehead atoms. The van der Waals surface area contributed by atoms with E-state index in [0.717, 1.165) is 10.7 Å². The van der Waals surface area contributed by atoms with Crippen LogP contribution in [0.5, 0.6) is 0 Å². The lowest BCUT2D eigenvalue weighted by Gasteiger charge is -1.94. The second-order valence-electron chi connectivity index (χ2n) is 1.96. The van der Waals surface area contributed by atoms with Crippen molar-refractivity contribution in [3.63, 3.8) is 0 Å². The zero-order valence-corrected chi connectivity index (χ0v) is 6.02. The van der Waals surface area contributed by atoms with Crippen LogP contribution in [0.15, 0.2) is 12.3 Å². The standard InChI is InChI=1S/C6H9ClN2/c1-9-4-5(7)2-6(9)3-8/h2,4H,3,8H2,1H3. The summed E-state index contributed by atoms with van der Waals surface area (Å²) in [6.07, 6.45) is 1.84. The topological polar surface area (TPSA) is 30.9 Å². The molecule has 0 amide bonds. The van der Waals surface area contributed by atoms with Gasteiger partial charge >= 0.3 is 0 Å². The van der Waals surface area contributed by atoms with Crippen molar-refractivity contribution in [3.8, 4) is 0 Å². The molecular formula is C6H9ClN2. The van der Waals surface area contributed by atoms with Crippen molar-refractivity contribution < 1.29 is 0 Å². The molecule has 0 atom stereocenters. The molecule has 1 aromatic heterocycles. The van der Waals surface area contributed by atoms with Crippen LogP contribution in [0, 0.1) is 0 Å². The van der Waals surface area contributed by atoms with Crippen molar-refractivity contribution in [2.75, 3.05) is 0 Å². The van der Waals surface area contributed by atoms with E-state index in [2.05, 4.69) is 0 Å². The van der Waals surface area contributed by atoms with E-state index < -0.39 is 0 Å². The Hall–Kier alpha value is -0.470. The van der Waals surface area contributed by atoms with Crippen molar-refractivity contribution >= 4 is 11.6 Å². The molecule has 0 aliphatic rings. The predicted molar refractivity (Wildman–Crippen MR) is 38.3 cm³/mol. The Bertz CT molecular complexity index is 205. The van der Waals surface area contributed by atoms with Crippen molar-refractivity contribution in [1.82, 2.24) is 4.57 Å². The molecule has 1 rings (SSSR count). The fourth-order valence-corrected chi connectivity index (χ4v) is 1.04. The van der Waals surface area contributed by atoms with Gasteiger partial charge in [0.1, 0.15) is 0 Å². The summed E-state index contributed by atoms with van der Waals surface area (Å²) in [7, 11) is 1.92. The van der Waals surface area contributed by atoms with E-state index in [4.69, 9.17) is 17.3 Å². The number of nitrogens with zero attached hydrogens (tertiary/aromatic N) is 1. The smallest absolute Gasteiger partial charge is 0.0585 e. The fraction of sp³-hybridized carbons (Fsp3) is 0.333. The summed E-state index contributed by atoms with van der Waals surface area (Å²) in [4.78, 5) is 0. The van der Waals surface area contributed by atoms with Crippen LogP contribution in [0.3, 0.4) is 0 Å². The van der Waals surface area contributed by atoms with Crippen molar-refractivity contribution in [2.45, 2.75) is 6.54 Å². The van der Waals surface area contributed by atoms with Gasteiger partial charge in [0.15, 0.2) is 0 Å². The summed E-state index contributed by atoms with van der Waals surface area (Å²) in [5.41, 5.74) is 6.44. The minimum atomic E-state index is 0.545. The number of hydrogen-bond donors (Lipinski definition) is 1. The second-order valence-corrected chi connectivity index (χ2v) is 2.40. The van der Waals surface area contributed by atoms with Crippen LogP contribution < -0.4 is 5.73 Å². The Morgan fingerprint density at radius 1 is 1.78 bits per heavy atom. The molecule has 0 aromatic carbocycles. The SMILES string of the molecule is Cn1cc(Cl)cc1CN. The first-order chi connectivity index (χ1) is 4.24. The van der Waals surface area contributed by atoms with Crippen LogP contribution in [0.1, 0.15) is 5.69 Å². The van der Waals surface area contributed by atoms with Crippen LogP contribution in [0.25, 0.3) is 0 Å². The predicted octanol–water partition coefficient (Wildman–Crippen LogP) is 1.14. The molecule has 1 heterocycles. The average Bonchev–Trinajstić information content (AvgIpc) is 2.10. The van der Waals surface area contributed by atoms with Gasteiger partial charge in [0, 0.05) is 25.5 Å². The number of halogens is 1. The molecule has 0 unspecified atom stereocenters. The van der Waals surface area contributed by atoms with Gasteiger partial charge < -0.3 is 10.3 Å². The van der Waals surface area contributed by atoms with Crippen LogP contribution in [-0.4, -0.2) is 4.57 Å². The second kappa shape index (κ2) is 2.42. The van der Waals surface area contributed by atoms with Crippen molar-refractivity contribution in [1.29, 1.82) is 0 Å². The first kappa shape index (κ1) is 6.65. The Morgan fingerprint density at radius 2 is 2.44 bits per heavy atom. The van der Waals surface area contributed by atoms with Gasteiger partial charge in [-0.2, -0.15) is 0 Å². The molecule has 1 aromatic rings. The van der Waals surface area contributed by atoms with E-state index in [1.807, 2.05) is 23.9 Å². The highest BCUT2D eigenvalue weighted by Crippen LogP contribution is 2.11. The number of aromatic nitrogens is 1. The molecule has 0 radical (unpaired) electrons. The highest BCUT2D eigenvalue weighted by molar-refractivity contribution is 6.30. The van der Waals surface area contributed by atoms with Crippen LogP contribution in [0.2, 0.25) is 5.02 Å². The van der Waals surface area contributed by atoms with Gasteiger partial charge in [-0.05, 0) is 6.07 Å². The lowest BCUT2D eigenvalue weighted by atomic mass is 10.4. The van der Waals surface area contributed by atoms with E-state index >= 15 is 0 Å². The maximum atomic E-state index is 5.67. The van der Waals surface area contributed by atoms with Crippen LogP contribution in [0.4, 0.5) is 0 Å². The minimum absolute atomic E-state index is 0.545.